The molecule has 110 valence electrons. The number of carbonyl (C=O) groups is 3. The van der Waals surface area contributed by atoms with Crippen molar-refractivity contribution in [1.82, 2.24) is 5.06 Å². The lowest BCUT2D eigenvalue weighted by atomic mass is 9.84. The van der Waals surface area contributed by atoms with E-state index in [0.717, 1.165) is 19.3 Å². The smallest absolute Gasteiger partial charge is 0.299 e. The Balaban J connectivity index is 1.54. The monoisotopic (exact) mass is 301 g/mol. The molecule has 2 amide bonds. The van der Waals surface area contributed by atoms with Gasteiger partial charge < -0.3 is 0 Å². The first kappa shape index (κ1) is 13.8. The van der Waals surface area contributed by atoms with E-state index in [1.54, 1.807) is 0 Å². The highest BCUT2D eigenvalue weighted by Crippen LogP contribution is 2.51. The number of Topliss-reactive ketones (excluding diaryl/α,β-unsaturated/α-hetero) is 1. The molecule has 2 bridgehead atoms. The van der Waals surface area contributed by atoms with Crippen LogP contribution in [0.15, 0.2) is 0 Å². The molecule has 1 heterocycles. The molecule has 3 unspecified atom stereocenters. The number of imide groups is 1. The molecule has 8 heteroatoms. The average Bonchev–Trinajstić information content (AvgIpc) is 3.05. The Bertz CT molecular complexity index is 490. The minimum Gasteiger partial charge on any atom is -0.299 e. The van der Waals surface area contributed by atoms with Gasteiger partial charge in [-0.1, -0.05) is 0 Å². The van der Waals surface area contributed by atoms with Gasteiger partial charge >= 0.3 is 11.4 Å². The number of carbonyl (C=O) groups excluding carboxylic acids is 3. The zero-order valence-electron chi connectivity index (χ0n) is 10.8. The minimum atomic E-state index is -2.24. The Morgan fingerprint density at radius 3 is 2.50 bits per heavy atom. The number of rotatable bonds is 5. The van der Waals surface area contributed by atoms with Gasteiger partial charge in [-0.25, -0.2) is 0 Å². The largest absolute Gasteiger partial charge is 0.328 e. The van der Waals surface area contributed by atoms with E-state index in [9.17, 15) is 18.6 Å². The first-order valence-corrected chi connectivity index (χ1v) is 7.63. The molecule has 0 radical (unpaired) electrons. The Hall–Kier alpha value is -1.12. The van der Waals surface area contributed by atoms with Crippen molar-refractivity contribution in [3.63, 3.8) is 0 Å². The topological polar surface area (TPSA) is 90.0 Å². The van der Waals surface area contributed by atoms with E-state index in [4.69, 9.17) is 8.47 Å². The van der Waals surface area contributed by atoms with Crippen LogP contribution in [-0.2, 0) is 34.2 Å². The molecule has 3 fully saturated rings. The van der Waals surface area contributed by atoms with Gasteiger partial charge in [0.15, 0.2) is 0 Å². The number of hydrogen-bond donors (Lipinski definition) is 0. The fourth-order valence-electron chi connectivity index (χ4n) is 3.24. The van der Waals surface area contributed by atoms with E-state index in [1.807, 2.05) is 0 Å². The van der Waals surface area contributed by atoms with Crippen molar-refractivity contribution in [2.24, 2.45) is 11.3 Å². The molecule has 0 aromatic rings. The third-order valence-corrected chi connectivity index (χ3v) is 4.93. The second-order valence-corrected chi connectivity index (χ2v) is 6.43. The van der Waals surface area contributed by atoms with Crippen LogP contribution in [-0.4, -0.2) is 33.5 Å². The highest BCUT2D eigenvalue weighted by Gasteiger charge is 2.52. The van der Waals surface area contributed by atoms with Gasteiger partial charge in [0.05, 0.1) is 12.0 Å². The quantitative estimate of drug-likeness (QED) is 0.684. The van der Waals surface area contributed by atoms with Crippen molar-refractivity contribution in [1.29, 1.82) is 0 Å². The molecule has 7 nitrogen and oxygen atoms in total. The molecule has 3 atom stereocenters. The molecule has 1 aliphatic heterocycles. The molecule has 20 heavy (non-hydrogen) atoms. The second-order valence-electron chi connectivity index (χ2n) is 5.64. The van der Waals surface area contributed by atoms with E-state index < -0.39 is 28.6 Å². The van der Waals surface area contributed by atoms with Crippen molar-refractivity contribution >= 4 is 29.0 Å². The normalized spacial score (nSPS) is 34.3. The highest BCUT2D eigenvalue weighted by molar-refractivity contribution is 7.75. The Morgan fingerprint density at radius 1 is 1.25 bits per heavy atom. The second kappa shape index (κ2) is 5.01. The third-order valence-electron chi connectivity index (χ3n) is 4.35. The van der Waals surface area contributed by atoms with Crippen LogP contribution in [0.5, 0.6) is 0 Å². The molecular weight excluding hydrogens is 286 g/mol. The van der Waals surface area contributed by atoms with Crippen LogP contribution in [0.2, 0.25) is 0 Å². The Morgan fingerprint density at radius 2 is 1.95 bits per heavy atom. The van der Waals surface area contributed by atoms with Gasteiger partial charge in [-0.2, -0.15) is 4.21 Å². The SMILES string of the molecule is O=C1CCC(=O)N1OS(=O)OCC12CCC(CC1=O)C2. The molecule has 0 spiro atoms. The van der Waals surface area contributed by atoms with Crippen LogP contribution in [0.25, 0.3) is 0 Å². The van der Waals surface area contributed by atoms with Crippen molar-refractivity contribution in [3.05, 3.63) is 0 Å². The van der Waals surface area contributed by atoms with Gasteiger partial charge in [-0.05, 0) is 25.2 Å². The van der Waals surface area contributed by atoms with E-state index in [-0.39, 0.29) is 25.2 Å². The summed E-state index contributed by atoms with van der Waals surface area (Å²) in [7, 11) is 0. The lowest BCUT2D eigenvalue weighted by Crippen LogP contribution is -2.34. The van der Waals surface area contributed by atoms with Crippen LogP contribution in [0.1, 0.15) is 38.5 Å². The number of hydroxylamine groups is 2. The summed E-state index contributed by atoms with van der Waals surface area (Å²) in [5, 5.41) is 0.488. The van der Waals surface area contributed by atoms with Gasteiger partial charge in [0, 0.05) is 19.3 Å². The zero-order chi connectivity index (χ0) is 14.3. The van der Waals surface area contributed by atoms with E-state index in [1.165, 1.54) is 0 Å². The van der Waals surface area contributed by atoms with Crippen molar-refractivity contribution in [2.45, 2.75) is 38.5 Å². The van der Waals surface area contributed by atoms with Gasteiger partial charge in [0.1, 0.15) is 5.78 Å². The molecule has 0 aromatic carbocycles. The molecule has 1 saturated heterocycles. The van der Waals surface area contributed by atoms with Crippen molar-refractivity contribution in [3.8, 4) is 0 Å². The predicted octanol–water partition coefficient (Wildman–Crippen LogP) is 0.422. The maximum atomic E-state index is 11.9. The van der Waals surface area contributed by atoms with Gasteiger partial charge in [-0.3, -0.25) is 18.6 Å². The summed E-state index contributed by atoms with van der Waals surface area (Å²) >= 11 is -2.24. The summed E-state index contributed by atoms with van der Waals surface area (Å²) in [5.74, 6) is -0.479. The van der Waals surface area contributed by atoms with Crippen molar-refractivity contribution < 1.29 is 27.1 Å². The van der Waals surface area contributed by atoms with Crippen LogP contribution in [0.3, 0.4) is 0 Å². The van der Waals surface area contributed by atoms with Gasteiger partial charge in [0.25, 0.3) is 11.8 Å². The predicted molar refractivity (Wildman–Crippen MR) is 65.7 cm³/mol. The summed E-state index contributed by atoms with van der Waals surface area (Å²) in [6.07, 6.45) is 3.19. The third kappa shape index (κ3) is 2.32. The summed E-state index contributed by atoms with van der Waals surface area (Å²) in [6.45, 7) is 0.0190. The zero-order valence-corrected chi connectivity index (χ0v) is 11.6. The first-order valence-electron chi connectivity index (χ1n) is 6.63. The maximum Gasteiger partial charge on any atom is 0.328 e. The van der Waals surface area contributed by atoms with E-state index >= 15 is 0 Å². The maximum absolute atomic E-state index is 11.9. The summed E-state index contributed by atoms with van der Waals surface area (Å²) in [5.41, 5.74) is -0.539. The number of nitrogens with zero attached hydrogens (tertiary/aromatic N) is 1. The lowest BCUT2D eigenvalue weighted by molar-refractivity contribution is -0.164. The van der Waals surface area contributed by atoms with E-state index in [0.29, 0.717) is 17.4 Å². The van der Waals surface area contributed by atoms with Crippen LogP contribution >= 0.6 is 0 Å². The highest BCUT2D eigenvalue weighted by atomic mass is 32.2. The molecule has 2 saturated carbocycles. The molecule has 0 N–H and O–H groups in total. The number of amides is 2. The Labute approximate surface area is 118 Å². The molecule has 3 aliphatic rings. The molecular formula is C12H15NO6S. The number of ketones is 1. The first-order chi connectivity index (χ1) is 9.50. The van der Waals surface area contributed by atoms with Crippen molar-refractivity contribution in [2.75, 3.05) is 6.61 Å². The summed E-state index contributed by atoms with van der Waals surface area (Å²) in [6, 6.07) is 0. The summed E-state index contributed by atoms with van der Waals surface area (Å²) in [4.78, 5) is 34.5. The lowest BCUT2D eigenvalue weighted by Gasteiger charge is -2.23. The average molecular weight is 301 g/mol. The minimum absolute atomic E-state index is 0.0190. The fraction of sp³-hybridized carbons (Fsp3) is 0.750. The molecule has 3 rings (SSSR count). The summed E-state index contributed by atoms with van der Waals surface area (Å²) < 4.78 is 21.4. The molecule has 2 aliphatic carbocycles. The van der Waals surface area contributed by atoms with E-state index in [2.05, 4.69) is 0 Å². The van der Waals surface area contributed by atoms with Gasteiger partial charge in [-0.15, -0.1) is 9.35 Å². The Kier molecular flexibility index (Phi) is 3.47. The van der Waals surface area contributed by atoms with Gasteiger partial charge in [0.2, 0.25) is 0 Å². The molecule has 0 aromatic heterocycles. The number of fused-ring (bicyclic) bond motifs is 2. The number of hydrogen-bond acceptors (Lipinski definition) is 6. The standard InChI is InChI=1S/C12H15NO6S/c14-9-5-8-3-4-12(9,6-8)7-18-20(17)19-13-10(15)1-2-11(13)16/h8H,1-7H2. The van der Waals surface area contributed by atoms with Crippen LogP contribution < -0.4 is 0 Å². The van der Waals surface area contributed by atoms with Crippen LogP contribution in [0, 0.1) is 11.3 Å². The van der Waals surface area contributed by atoms with Crippen LogP contribution in [0.4, 0.5) is 0 Å². The fourth-order valence-corrected chi connectivity index (χ4v) is 3.89.